The molecule has 0 heterocycles. The molecule has 1 saturated carbocycles. The smallest absolute Gasteiger partial charge is 0.191 e. The summed E-state index contributed by atoms with van der Waals surface area (Å²) in [4.78, 5) is 4.40. The average molecular weight is 421 g/mol. The Morgan fingerprint density at radius 3 is 2.73 bits per heavy atom. The molecule has 6 heteroatoms. The first-order valence-corrected chi connectivity index (χ1v) is 7.64. The number of hydrogen-bond acceptors (Lipinski definition) is 2. The fourth-order valence-corrected chi connectivity index (χ4v) is 2.62. The zero-order valence-corrected chi connectivity index (χ0v) is 15.2. The molecule has 0 saturated heterocycles. The Labute approximate surface area is 148 Å². The third-order valence-electron chi connectivity index (χ3n) is 3.86. The van der Waals surface area contributed by atoms with E-state index in [1.54, 1.807) is 12.1 Å². The standard InChI is InChI=1S/C16H24FN3O.HI/c1-2-18-16(20-11-13-7-5-9-15(13)21)19-10-12-6-3-4-8-14(12)17;/h3-4,6,8,13,15,21H,2,5,7,9-11H2,1H3,(H2,18,19,20);1H. The number of nitrogens with one attached hydrogen (secondary N) is 2. The van der Waals surface area contributed by atoms with Gasteiger partial charge in [0.25, 0.3) is 0 Å². The molecule has 0 aliphatic heterocycles. The number of aliphatic hydroxyl groups is 1. The van der Waals surface area contributed by atoms with Gasteiger partial charge >= 0.3 is 0 Å². The molecule has 1 fully saturated rings. The van der Waals surface area contributed by atoms with E-state index in [0.717, 1.165) is 25.8 Å². The number of halogens is 2. The number of nitrogens with zero attached hydrogens (tertiary/aromatic N) is 1. The van der Waals surface area contributed by atoms with Crippen LogP contribution in [0.5, 0.6) is 0 Å². The Kier molecular flexibility index (Phi) is 8.70. The van der Waals surface area contributed by atoms with Crippen LogP contribution in [-0.2, 0) is 6.54 Å². The molecule has 1 aliphatic carbocycles. The molecule has 0 aromatic heterocycles. The number of aliphatic hydroxyl groups excluding tert-OH is 1. The average Bonchev–Trinajstić information content (AvgIpc) is 2.89. The van der Waals surface area contributed by atoms with Crippen molar-refractivity contribution in [2.24, 2.45) is 10.9 Å². The Morgan fingerprint density at radius 2 is 2.09 bits per heavy atom. The van der Waals surface area contributed by atoms with Crippen molar-refractivity contribution in [3.8, 4) is 0 Å². The lowest BCUT2D eigenvalue weighted by Crippen LogP contribution is -2.41. The van der Waals surface area contributed by atoms with E-state index in [1.807, 2.05) is 13.0 Å². The molecule has 0 amide bonds. The maximum atomic E-state index is 13.6. The predicted octanol–water partition coefficient (Wildman–Crippen LogP) is 2.66. The van der Waals surface area contributed by atoms with Crippen LogP contribution in [0.1, 0.15) is 31.7 Å². The fourth-order valence-electron chi connectivity index (χ4n) is 2.62. The topological polar surface area (TPSA) is 56.7 Å². The zero-order chi connectivity index (χ0) is 15.1. The van der Waals surface area contributed by atoms with Crippen LogP contribution in [0.4, 0.5) is 4.39 Å². The minimum absolute atomic E-state index is 0. The first-order chi connectivity index (χ1) is 10.2. The summed E-state index contributed by atoms with van der Waals surface area (Å²) in [5.41, 5.74) is 0.579. The molecule has 3 N–H and O–H groups in total. The zero-order valence-electron chi connectivity index (χ0n) is 12.9. The minimum atomic E-state index is -0.233. The van der Waals surface area contributed by atoms with Crippen molar-refractivity contribution >= 4 is 29.9 Å². The first-order valence-electron chi connectivity index (χ1n) is 7.64. The first kappa shape index (κ1) is 19.2. The molecular formula is C16H25FIN3O. The van der Waals surface area contributed by atoms with Crippen molar-refractivity contribution < 1.29 is 9.50 Å². The second-order valence-corrected chi connectivity index (χ2v) is 5.43. The molecule has 0 bridgehead atoms. The summed E-state index contributed by atoms with van der Waals surface area (Å²) in [6, 6.07) is 6.67. The number of hydrogen-bond donors (Lipinski definition) is 3. The van der Waals surface area contributed by atoms with Gasteiger partial charge in [0.2, 0.25) is 0 Å². The molecular weight excluding hydrogens is 396 g/mol. The van der Waals surface area contributed by atoms with Crippen LogP contribution in [0.2, 0.25) is 0 Å². The van der Waals surface area contributed by atoms with Gasteiger partial charge in [0.15, 0.2) is 5.96 Å². The molecule has 0 spiro atoms. The molecule has 2 rings (SSSR count). The maximum Gasteiger partial charge on any atom is 0.191 e. The fraction of sp³-hybridized carbons (Fsp3) is 0.562. The Balaban J connectivity index is 0.00000242. The van der Waals surface area contributed by atoms with Gasteiger partial charge in [0.05, 0.1) is 12.6 Å². The third kappa shape index (κ3) is 5.72. The van der Waals surface area contributed by atoms with Gasteiger partial charge in [0, 0.05) is 24.6 Å². The lowest BCUT2D eigenvalue weighted by atomic mass is 10.1. The van der Waals surface area contributed by atoms with Crippen LogP contribution in [-0.4, -0.2) is 30.3 Å². The van der Waals surface area contributed by atoms with E-state index < -0.39 is 0 Å². The van der Waals surface area contributed by atoms with Crippen molar-refractivity contribution in [1.82, 2.24) is 10.6 Å². The normalized spacial score (nSPS) is 21.3. The van der Waals surface area contributed by atoms with E-state index in [4.69, 9.17) is 0 Å². The molecule has 1 aromatic rings. The molecule has 2 unspecified atom stereocenters. The van der Waals surface area contributed by atoms with Gasteiger partial charge in [0.1, 0.15) is 5.82 Å². The Morgan fingerprint density at radius 1 is 1.32 bits per heavy atom. The highest BCUT2D eigenvalue weighted by atomic mass is 127. The SMILES string of the molecule is CCNC(=NCc1ccccc1F)NCC1CCCC1O.I. The summed E-state index contributed by atoms with van der Waals surface area (Å²) in [6.07, 6.45) is 2.79. The second-order valence-electron chi connectivity index (χ2n) is 5.43. The van der Waals surface area contributed by atoms with Crippen molar-refractivity contribution in [2.75, 3.05) is 13.1 Å². The summed E-state index contributed by atoms with van der Waals surface area (Å²) in [6.45, 7) is 3.74. The van der Waals surface area contributed by atoms with Crippen LogP contribution < -0.4 is 10.6 Å². The molecule has 4 nitrogen and oxygen atoms in total. The summed E-state index contributed by atoms with van der Waals surface area (Å²) in [5, 5.41) is 16.2. The van der Waals surface area contributed by atoms with Crippen molar-refractivity contribution in [2.45, 2.75) is 38.8 Å². The van der Waals surface area contributed by atoms with E-state index in [1.165, 1.54) is 6.07 Å². The van der Waals surface area contributed by atoms with Gasteiger partial charge in [-0.1, -0.05) is 24.6 Å². The quantitative estimate of drug-likeness (QED) is 0.389. The Bertz CT molecular complexity index is 484. The molecule has 2 atom stereocenters. The van der Waals surface area contributed by atoms with Gasteiger partial charge in [-0.15, -0.1) is 24.0 Å². The molecule has 124 valence electrons. The van der Waals surface area contributed by atoms with Crippen LogP contribution in [0.15, 0.2) is 29.3 Å². The molecule has 0 radical (unpaired) electrons. The predicted molar refractivity (Wildman–Crippen MR) is 98.0 cm³/mol. The largest absolute Gasteiger partial charge is 0.393 e. The monoisotopic (exact) mass is 421 g/mol. The lowest BCUT2D eigenvalue weighted by Gasteiger charge is -2.17. The molecule has 22 heavy (non-hydrogen) atoms. The highest BCUT2D eigenvalue weighted by molar-refractivity contribution is 14.0. The third-order valence-corrected chi connectivity index (χ3v) is 3.86. The van der Waals surface area contributed by atoms with Crippen LogP contribution in [0.25, 0.3) is 0 Å². The van der Waals surface area contributed by atoms with Gasteiger partial charge in [-0.05, 0) is 25.8 Å². The van der Waals surface area contributed by atoms with E-state index >= 15 is 0 Å². The summed E-state index contributed by atoms with van der Waals surface area (Å²) in [5.74, 6) is 0.713. The van der Waals surface area contributed by atoms with E-state index in [-0.39, 0.29) is 41.8 Å². The number of rotatable bonds is 5. The summed E-state index contributed by atoms with van der Waals surface area (Å²) in [7, 11) is 0. The Hall–Kier alpha value is -0.890. The number of benzene rings is 1. The lowest BCUT2D eigenvalue weighted by molar-refractivity contribution is 0.134. The van der Waals surface area contributed by atoms with Crippen molar-refractivity contribution in [3.05, 3.63) is 35.6 Å². The van der Waals surface area contributed by atoms with Gasteiger partial charge in [-0.25, -0.2) is 9.38 Å². The summed E-state index contributed by atoms with van der Waals surface area (Å²) < 4.78 is 13.6. The maximum absolute atomic E-state index is 13.6. The highest BCUT2D eigenvalue weighted by Crippen LogP contribution is 2.24. The summed E-state index contributed by atoms with van der Waals surface area (Å²) >= 11 is 0. The second kappa shape index (κ2) is 9.99. The van der Waals surface area contributed by atoms with Gasteiger partial charge in [-0.2, -0.15) is 0 Å². The van der Waals surface area contributed by atoms with Gasteiger partial charge < -0.3 is 15.7 Å². The minimum Gasteiger partial charge on any atom is -0.393 e. The van der Waals surface area contributed by atoms with Gasteiger partial charge in [-0.3, -0.25) is 0 Å². The number of aliphatic imine (C=N–C) groups is 1. The van der Waals surface area contributed by atoms with E-state index in [0.29, 0.717) is 24.6 Å². The highest BCUT2D eigenvalue weighted by Gasteiger charge is 2.24. The van der Waals surface area contributed by atoms with Crippen LogP contribution in [0, 0.1) is 11.7 Å². The van der Waals surface area contributed by atoms with E-state index in [9.17, 15) is 9.50 Å². The van der Waals surface area contributed by atoms with Crippen molar-refractivity contribution in [1.29, 1.82) is 0 Å². The van der Waals surface area contributed by atoms with Crippen LogP contribution >= 0.6 is 24.0 Å². The van der Waals surface area contributed by atoms with E-state index in [2.05, 4.69) is 15.6 Å². The molecule has 1 aromatic carbocycles. The number of guanidine groups is 1. The van der Waals surface area contributed by atoms with Crippen LogP contribution in [0.3, 0.4) is 0 Å². The molecule has 1 aliphatic rings. The van der Waals surface area contributed by atoms with Crippen molar-refractivity contribution in [3.63, 3.8) is 0 Å².